The van der Waals surface area contributed by atoms with Crippen LogP contribution in [0.1, 0.15) is 51.8 Å². The van der Waals surface area contributed by atoms with Crippen LogP contribution in [0.25, 0.3) is 0 Å². The fraction of sp³-hybridized carbons (Fsp3) is 0.146. The Morgan fingerprint density at radius 2 is 0.788 bits per heavy atom. The van der Waals surface area contributed by atoms with Crippen LogP contribution in [0.5, 0.6) is 0 Å². The average molecular weight is 701 g/mol. The summed E-state index contributed by atoms with van der Waals surface area (Å²) >= 11 is 0. The van der Waals surface area contributed by atoms with Crippen molar-refractivity contribution in [2.24, 2.45) is 0 Å². The Morgan fingerprint density at radius 1 is 0.442 bits per heavy atom. The summed E-state index contributed by atoms with van der Waals surface area (Å²) in [5.41, 5.74) is 0.837. The molecule has 5 aromatic rings. The van der Waals surface area contributed by atoms with Crippen LogP contribution in [0.3, 0.4) is 0 Å². The normalized spacial score (nSPS) is 18.3. The fourth-order valence-corrected chi connectivity index (χ4v) is 5.37. The highest BCUT2D eigenvalue weighted by Crippen LogP contribution is 2.33. The van der Waals surface area contributed by atoms with Gasteiger partial charge in [-0.2, -0.15) is 0 Å². The van der Waals surface area contributed by atoms with Gasteiger partial charge in [0.2, 0.25) is 12.4 Å². The summed E-state index contributed by atoms with van der Waals surface area (Å²) in [6.07, 6.45) is -7.79. The van der Waals surface area contributed by atoms with Gasteiger partial charge in [-0.25, -0.2) is 24.0 Å². The van der Waals surface area contributed by atoms with Crippen LogP contribution in [0.2, 0.25) is 0 Å². The largest absolute Gasteiger partial charge is 0.458 e. The van der Waals surface area contributed by atoms with Crippen molar-refractivity contribution in [1.82, 2.24) is 0 Å². The molecular formula is C41H32O11. The summed E-state index contributed by atoms with van der Waals surface area (Å²) < 4.78 is 35.3. The maximum Gasteiger partial charge on any atom is 0.340 e. The molecule has 1 aliphatic rings. The zero-order chi connectivity index (χ0) is 36.3. The Kier molecular flexibility index (Phi) is 11.4. The topological polar surface area (TPSA) is 141 Å². The summed E-state index contributed by atoms with van der Waals surface area (Å²) in [4.78, 5) is 67.0. The van der Waals surface area contributed by atoms with Gasteiger partial charge in [-0.05, 0) is 60.7 Å². The second kappa shape index (κ2) is 16.9. The number of esters is 5. The number of carbonyl (C=O) groups is 5. The van der Waals surface area contributed by atoms with Gasteiger partial charge >= 0.3 is 29.8 Å². The zero-order valence-corrected chi connectivity index (χ0v) is 27.5. The molecule has 1 heterocycles. The second-order valence-corrected chi connectivity index (χ2v) is 11.5. The molecule has 11 nitrogen and oxygen atoms in total. The molecule has 0 amide bonds. The molecule has 5 aromatic carbocycles. The van der Waals surface area contributed by atoms with E-state index in [0.717, 1.165) is 0 Å². The maximum atomic E-state index is 13.6. The van der Waals surface area contributed by atoms with Gasteiger partial charge in [-0.1, -0.05) is 91.0 Å². The molecule has 1 saturated heterocycles. The average Bonchev–Trinajstić information content (AvgIpc) is 3.52. The van der Waals surface area contributed by atoms with Gasteiger partial charge in [0.05, 0.1) is 27.8 Å². The summed E-state index contributed by atoms with van der Waals surface area (Å²) in [5.74, 6) is -4.08. The van der Waals surface area contributed by atoms with Crippen molar-refractivity contribution < 1.29 is 52.4 Å². The Morgan fingerprint density at radius 3 is 1.21 bits per heavy atom. The van der Waals surface area contributed by atoms with E-state index in [9.17, 15) is 24.0 Å². The van der Waals surface area contributed by atoms with Crippen molar-refractivity contribution in [3.8, 4) is 0 Å². The molecule has 0 N–H and O–H groups in total. The third-order valence-corrected chi connectivity index (χ3v) is 7.97. The Balaban J connectivity index is 1.38. The number of hydrogen-bond donors (Lipinski definition) is 0. The van der Waals surface area contributed by atoms with Crippen LogP contribution in [-0.4, -0.2) is 67.2 Å². The predicted molar refractivity (Wildman–Crippen MR) is 184 cm³/mol. The van der Waals surface area contributed by atoms with Crippen molar-refractivity contribution in [3.05, 3.63) is 179 Å². The lowest BCUT2D eigenvalue weighted by Gasteiger charge is -2.28. The monoisotopic (exact) mass is 700 g/mol. The van der Waals surface area contributed by atoms with Gasteiger partial charge in [0.15, 0.2) is 12.2 Å². The molecule has 11 heteroatoms. The molecule has 52 heavy (non-hydrogen) atoms. The van der Waals surface area contributed by atoms with Crippen LogP contribution in [0.15, 0.2) is 152 Å². The molecule has 5 atom stereocenters. The first-order valence-corrected chi connectivity index (χ1v) is 16.3. The van der Waals surface area contributed by atoms with Gasteiger partial charge < -0.3 is 28.4 Å². The highest BCUT2D eigenvalue weighted by molar-refractivity contribution is 5.92. The molecule has 0 aromatic heterocycles. The SMILES string of the molecule is O=C(OC[C@H](OC(=O)c1ccccc1)[C@@H]1O[C@@H](OC(=O)c2ccccc2)[C@H](OC(=O)c2ccccc2)[C@H]1OC(=O)c1ccccc1)c1ccccc1. The lowest BCUT2D eigenvalue weighted by Crippen LogP contribution is -2.47. The van der Waals surface area contributed by atoms with E-state index in [4.69, 9.17) is 28.4 Å². The van der Waals surface area contributed by atoms with Crippen molar-refractivity contribution >= 4 is 29.8 Å². The van der Waals surface area contributed by atoms with Crippen LogP contribution in [-0.2, 0) is 28.4 Å². The minimum Gasteiger partial charge on any atom is -0.458 e. The van der Waals surface area contributed by atoms with Crippen molar-refractivity contribution in [3.63, 3.8) is 0 Å². The van der Waals surface area contributed by atoms with E-state index in [-0.39, 0.29) is 27.8 Å². The number of benzene rings is 5. The maximum absolute atomic E-state index is 13.6. The number of hydrogen-bond acceptors (Lipinski definition) is 11. The highest BCUT2D eigenvalue weighted by Gasteiger charge is 2.56. The van der Waals surface area contributed by atoms with E-state index in [1.807, 2.05) is 0 Å². The number of carbonyl (C=O) groups excluding carboxylic acids is 5. The van der Waals surface area contributed by atoms with E-state index < -0.39 is 67.2 Å². The quantitative estimate of drug-likeness (QED) is 0.110. The van der Waals surface area contributed by atoms with Crippen LogP contribution in [0.4, 0.5) is 0 Å². The van der Waals surface area contributed by atoms with Gasteiger partial charge in [0.25, 0.3) is 0 Å². The first-order chi connectivity index (χ1) is 25.4. The Bertz CT molecular complexity index is 1970. The van der Waals surface area contributed by atoms with Crippen molar-refractivity contribution in [2.45, 2.75) is 30.7 Å². The molecule has 0 aliphatic carbocycles. The highest BCUT2D eigenvalue weighted by atomic mass is 16.8. The summed E-state index contributed by atoms with van der Waals surface area (Å²) in [6, 6.07) is 40.1. The van der Waals surface area contributed by atoms with Crippen molar-refractivity contribution in [2.75, 3.05) is 6.61 Å². The molecule has 1 aliphatic heterocycles. The van der Waals surface area contributed by atoms with Gasteiger partial charge in [0.1, 0.15) is 12.7 Å². The number of rotatable bonds is 12. The minimum atomic E-state index is -1.68. The van der Waals surface area contributed by atoms with Crippen LogP contribution < -0.4 is 0 Å². The standard InChI is InChI=1S/C41H32O11/c42-36(27-16-6-1-7-17-27)47-26-32(48-37(43)28-18-8-2-9-19-28)33-34(49-38(44)29-20-10-3-11-21-29)35(50-39(45)30-22-12-4-13-23-30)41(51-33)52-40(46)31-24-14-5-15-25-31/h1-25,32-35,41H,26H2/t32-,33-,34-,35+,41-/m0/s1. The minimum absolute atomic E-state index is 0.146. The van der Waals surface area contributed by atoms with E-state index in [1.165, 1.54) is 48.5 Å². The first kappa shape index (κ1) is 35.2. The Hall–Kier alpha value is -6.59. The zero-order valence-electron chi connectivity index (χ0n) is 27.5. The molecule has 0 saturated carbocycles. The summed E-state index contributed by atoms with van der Waals surface area (Å²) in [7, 11) is 0. The molecule has 0 radical (unpaired) electrons. The van der Waals surface area contributed by atoms with Gasteiger partial charge in [0, 0.05) is 0 Å². The smallest absolute Gasteiger partial charge is 0.340 e. The van der Waals surface area contributed by atoms with Crippen LogP contribution >= 0.6 is 0 Å². The van der Waals surface area contributed by atoms with E-state index in [2.05, 4.69) is 0 Å². The third kappa shape index (κ3) is 8.76. The molecule has 0 spiro atoms. The third-order valence-electron chi connectivity index (χ3n) is 7.97. The predicted octanol–water partition coefficient (Wildman–Crippen LogP) is 6.10. The lowest BCUT2D eigenvalue weighted by atomic mass is 10.0. The van der Waals surface area contributed by atoms with Gasteiger partial charge in [-0.3, -0.25) is 0 Å². The van der Waals surface area contributed by atoms with Gasteiger partial charge in [-0.15, -0.1) is 0 Å². The molecule has 0 bridgehead atoms. The molecule has 6 rings (SSSR count). The Labute approximate surface area is 298 Å². The molecule has 262 valence electrons. The second-order valence-electron chi connectivity index (χ2n) is 11.5. The van der Waals surface area contributed by atoms with Crippen molar-refractivity contribution in [1.29, 1.82) is 0 Å². The first-order valence-electron chi connectivity index (χ1n) is 16.3. The fourth-order valence-electron chi connectivity index (χ4n) is 5.37. The molecule has 1 fully saturated rings. The number of ether oxygens (including phenoxy) is 6. The van der Waals surface area contributed by atoms with E-state index in [1.54, 1.807) is 103 Å². The summed E-state index contributed by atoms with van der Waals surface area (Å²) in [6.45, 7) is -0.588. The lowest BCUT2D eigenvalue weighted by molar-refractivity contribution is -0.156. The van der Waals surface area contributed by atoms with E-state index in [0.29, 0.717) is 0 Å². The van der Waals surface area contributed by atoms with E-state index >= 15 is 0 Å². The molecule has 0 unspecified atom stereocenters. The molecular weight excluding hydrogens is 668 g/mol. The summed E-state index contributed by atoms with van der Waals surface area (Å²) in [5, 5.41) is 0. The van der Waals surface area contributed by atoms with Crippen LogP contribution in [0, 0.1) is 0 Å².